The minimum atomic E-state index is 0.320. The summed E-state index contributed by atoms with van der Waals surface area (Å²) in [5.74, 6) is 0.944. The number of ether oxygens (including phenoxy) is 1. The van der Waals surface area contributed by atoms with E-state index in [1.54, 1.807) is 7.11 Å². The molecule has 2 nitrogen and oxygen atoms in total. The van der Waals surface area contributed by atoms with Crippen molar-refractivity contribution in [2.45, 2.75) is 25.8 Å². The van der Waals surface area contributed by atoms with E-state index in [9.17, 15) is 0 Å². The second kappa shape index (κ2) is 7.48. The first-order chi connectivity index (χ1) is 10.1. The molecular formula is C18H22ClNO. The van der Waals surface area contributed by atoms with Crippen molar-refractivity contribution in [3.8, 4) is 5.75 Å². The molecule has 1 N–H and O–H groups in total. The van der Waals surface area contributed by atoms with Crippen molar-refractivity contribution in [2.75, 3.05) is 14.2 Å². The number of hydrogen-bond acceptors (Lipinski definition) is 2. The van der Waals surface area contributed by atoms with E-state index in [0.29, 0.717) is 6.04 Å². The summed E-state index contributed by atoms with van der Waals surface area (Å²) in [6.07, 6.45) is 1.81. The van der Waals surface area contributed by atoms with Gasteiger partial charge < -0.3 is 10.1 Å². The van der Waals surface area contributed by atoms with E-state index in [4.69, 9.17) is 16.3 Å². The van der Waals surface area contributed by atoms with E-state index >= 15 is 0 Å². The van der Waals surface area contributed by atoms with E-state index < -0.39 is 0 Å². The summed E-state index contributed by atoms with van der Waals surface area (Å²) in [7, 11) is 3.71. The van der Waals surface area contributed by atoms with Crippen molar-refractivity contribution in [1.29, 1.82) is 0 Å². The third kappa shape index (κ3) is 4.23. The van der Waals surface area contributed by atoms with Crippen LogP contribution in [0.2, 0.25) is 5.02 Å². The van der Waals surface area contributed by atoms with Crippen LogP contribution in [-0.4, -0.2) is 20.2 Å². The number of aryl methyl sites for hydroxylation is 1. The molecule has 112 valence electrons. The number of likely N-dealkylation sites (N-methyl/N-ethyl adjacent to an activating group) is 1. The van der Waals surface area contributed by atoms with Gasteiger partial charge in [-0.05, 0) is 50.1 Å². The minimum Gasteiger partial charge on any atom is -0.496 e. The lowest BCUT2D eigenvalue weighted by atomic mass is 9.97. The highest BCUT2D eigenvalue weighted by Crippen LogP contribution is 2.23. The minimum absolute atomic E-state index is 0.320. The van der Waals surface area contributed by atoms with Crippen LogP contribution in [0, 0.1) is 6.92 Å². The smallest absolute Gasteiger partial charge is 0.122 e. The summed E-state index contributed by atoms with van der Waals surface area (Å²) in [6, 6.07) is 14.6. The summed E-state index contributed by atoms with van der Waals surface area (Å²) >= 11 is 6.26. The molecule has 2 rings (SSSR count). The standard InChI is InChI=1S/C18H22ClNO/c1-13-8-9-18(21-3)15(10-13)12-16(20-2)11-14-6-4-5-7-17(14)19/h4-10,16,20H,11-12H2,1-3H3. The average molecular weight is 304 g/mol. The van der Waals surface area contributed by atoms with Gasteiger partial charge in [0.2, 0.25) is 0 Å². The summed E-state index contributed by atoms with van der Waals surface area (Å²) in [6.45, 7) is 2.10. The second-order valence-electron chi connectivity index (χ2n) is 5.30. The highest BCUT2D eigenvalue weighted by atomic mass is 35.5. The Labute approximate surface area is 132 Å². The third-order valence-corrected chi connectivity index (χ3v) is 4.10. The Morgan fingerprint density at radius 3 is 2.48 bits per heavy atom. The molecule has 0 fully saturated rings. The first-order valence-electron chi connectivity index (χ1n) is 7.18. The van der Waals surface area contributed by atoms with Crippen LogP contribution in [0.4, 0.5) is 0 Å². The summed E-state index contributed by atoms with van der Waals surface area (Å²) in [4.78, 5) is 0. The Balaban J connectivity index is 2.16. The van der Waals surface area contributed by atoms with Gasteiger partial charge in [0, 0.05) is 11.1 Å². The number of benzene rings is 2. The molecule has 21 heavy (non-hydrogen) atoms. The quantitative estimate of drug-likeness (QED) is 0.870. The second-order valence-corrected chi connectivity index (χ2v) is 5.71. The predicted octanol–water partition coefficient (Wildman–Crippen LogP) is 4.03. The van der Waals surface area contributed by atoms with Gasteiger partial charge in [0.25, 0.3) is 0 Å². The number of hydrogen-bond donors (Lipinski definition) is 1. The van der Waals surface area contributed by atoms with Crippen LogP contribution in [0.5, 0.6) is 5.75 Å². The predicted molar refractivity (Wildman–Crippen MR) is 89.4 cm³/mol. The van der Waals surface area contributed by atoms with Gasteiger partial charge in [0.05, 0.1) is 7.11 Å². The van der Waals surface area contributed by atoms with Gasteiger partial charge in [-0.15, -0.1) is 0 Å². The molecule has 3 heteroatoms. The average Bonchev–Trinajstić information content (AvgIpc) is 2.49. The van der Waals surface area contributed by atoms with Crippen LogP contribution in [0.15, 0.2) is 42.5 Å². The van der Waals surface area contributed by atoms with E-state index in [-0.39, 0.29) is 0 Å². The Morgan fingerprint density at radius 2 is 1.81 bits per heavy atom. The molecule has 0 aliphatic carbocycles. The first-order valence-corrected chi connectivity index (χ1v) is 7.56. The zero-order valence-electron chi connectivity index (χ0n) is 12.8. The number of halogens is 1. The van der Waals surface area contributed by atoms with Crippen LogP contribution in [-0.2, 0) is 12.8 Å². The fourth-order valence-electron chi connectivity index (χ4n) is 2.54. The SMILES string of the molecule is CNC(Cc1ccccc1Cl)Cc1cc(C)ccc1OC. The molecular weight excluding hydrogens is 282 g/mol. The topological polar surface area (TPSA) is 21.3 Å². The molecule has 0 saturated carbocycles. The largest absolute Gasteiger partial charge is 0.496 e. The van der Waals surface area contributed by atoms with Crippen molar-refractivity contribution >= 4 is 11.6 Å². The van der Waals surface area contributed by atoms with Gasteiger partial charge in [0.1, 0.15) is 5.75 Å². The monoisotopic (exact) mass is 303 g/mol. The van der Waals surface area contributed by atoms with Gasteiger partial charge in [0.15, 0.2) is 0 Å². The van der Waals surface area contributed by atoms with E-state index in [1.165, 1.54) is 16.7 Å². The molecule has 0 radical (unpaired) electrons. The van der Waals surface area contributed by atoms with Gasteiger partial charge in [-0.25, -0.2) is 0 Å². The van der Waals surface area contributed by atoms with Crippen molar-refractivity contribution in [3.63, 3.8) is 0 Å². The van der Waals surface area contributed by atoms with Crippen LogP contribution in [0.25, 0.3) is 0 Å². The Morgan fingerprint density at radius 1 is 1.10 bits per heavy atom. The summed E-state index contributed by atoms with van der Waals surface area (Å²) < 4.78 is 5.47. The molecule has 0 bridgehead atoms. The highest BCUT2D eigenvalue weighted by Gasteiger charge is 2.13. The van der Waals surface area contributed by atoms with Crippen LogP contribution in [0.3, 0.4) is 0 Å². The van der Waals surface area contributed by atoms with Crippen LogP contribution >= 0.6 is 11.6 Å². The van der Waals surface area contributed by atoms with Crippen LogP contribution < -0.4 is 10.1 Å². The van der Waals surface area contributed by atoms with Crippen molar-refractivity contribution in [3.05, 3.63) is 64.2 Å². The van der Waals surface area contributed by atoms with Crippen LogP contribution in [0.1, 0.15) is 16.7 Å². The number of methoxy groups -OCH3 is 1. The number of nitrogens with one attached hydrogen (secondary N) is 1. The molecule has 0 aliphatic rings. The van der Waals surface area contributed by atoms with E-state index in [1.807, 2.05) is 31.3 Å². The van der Waals surface area contributed by atoms with Gasteiger partial charge >= 0.3 is 0 Å². The molecule has 2 aromatic carbocycles. The molecule has 0 heterocycles. The zero-order valence-corrected chi connectivity index (χ0v) is 13.6. The first kappa shape index (κ1) is 15.9. The Hall–Kier alpha value is -1.51. The molecule has 2 aromatic rings. The van der Waals surface area contributed by atoms with E-state index in [2.05, 4.69) is 30.4 Å². The summed E-state index contributed by atoms with van der Waals surface area (Å²) in [5.41, 5.74) is 3.65. The van der Waals surface area contributed by atoms with Gasteiger partial charge in [-0.3, -0.25) is 0 Å². The molecule has 1 atom stereocenters. The lowest BCUT2D eigenvalue weighted by molar-refractivity contribution is 0.405. The molecule has 0 amide bonds. The maximum absolute atomic E-state index is 6.26. The van der Waals surface area contributed by atoms with Crippen molar-refractivity contribution in [2.24, 2.45) is 0 Å². The lowest BCUT2D eigenvalue weighted by Gasteiger charge is -2.19. The Bertz CT molecular complexity index is 598. The lowest BCUT2D eigenvalue weighted by Crippen LogP contribution is -2.30. The molecule has 0 aromatic heterocycles. The maximum atomic E-state index is 6.26. The van der Waals surface area contributed by atoms with Crippen molar-refractivity contribution < 1.29 is 4.74 Å². The zero-order chi connectivity index (χ0) is 15.2. The molecule has 0 spiro atoms. The highest BCUT2D eigenvalue weighted by molar-refractivity contribution is 6.31. The fourth-order valence-corrected chi connectivity index (χ4v) is 2.75. The molecule has 0 aliphatic heterocycles. The third-order valence-electron chi connectivity index (χ3n) is 3.73. The molecule has 1 unspecified atom stereocenters. The normalized spacial score (nSPS) is 12.2. The summed E-state index contributed by atoms with van der Waals surface area (Å²) in [5, 5.41) is 4.21. The van der Waals surface area contributed by atoms with Crippen molar-refractivity contribution in [1.82, 2.24) is 5.32 Å². The van der Waals surface area contributed by atoms with E-state index in [0.717, 1.165) is 23.6 Å². The Kier molecular flexibility index (Phi) is 5.66. The number of rotatable bonds is 6. The molecule has 0 saturated heterocycles. The van der Waals surface area contributed by atoms with Gasteiger partial charge in [-0.2, -0.15) is 0 Å². The fraction of sp³-hybridized carbons (Fsp3) is 0.333. The van der Waals surface area contributed by atoms with Gasteiger partial charge in [-0.1, -0.05) is 47.5 Å². The maximum Gasteiger partial charge on any atom is 0.122 e.